The van der Waals surface area contributed by atoms with Crippen LogP contribution in [0.4, 0.5) is 0 Å². The van der Waals surface area contributed by atoms with Gasteiger partial charge in [-0.15, -0.1) is 0 Å². The normalized spacial score (nSPS) is 13.6. The van der Waals surface area contributed by atoms with Crippen LogP contribution in [-0.2, 0) is 21.7 Å². The second-order valence-corrected chi connectivity index (χ2v) is 14.8. The topological polar surface area (TPSA) is 0 Å². The van der Waals surface area contributed by atoms with E-state index in [2.05, 4.69) is 144 Å². The zero-order valence-electron chi connectivity index (χ0n) is 24.8. The molecule has 0 spiro atoms. The Kier molecular flexibility index (Phi) is 6.23. The number of hydrogen-bond donors (Lipinski definition) is 0. The third kappa shape index (κ3) is 4.84. The van der Waals surface area contributed by atoms with E-state index >= 15 is 0 Å². The Hall–Kier alpha value is -2.60. The van der Waals surface area contributed by atoms with Crippen LogP contribution in [-0.4, -0.2) is 0 Å². The minimum Gasteiger partial charge on any atom is -0.0613 e. The van der Waals surface area contributed by atoms with E-state index in [9.17, 15) is 0 Å². The van der Waals surface area contributed by atoms with Crippen LogP contribution in [0.3, 0.4) is 0 Å². The first-order valence-electron chi connectivity index (χ1n) is 13.5. The summed E-state index contributed by atoms with van der Waals surface area (Å²) in [7, 11) is 0. The second kappa shape index (κ2) is 8.47. The second-order valence-electron chi connectivity index (χ2n) is 14.8. The molecule has 0 nitrogen and oxygen atoms in total. The third-order valence-corrected chi connectivity index (χ3v) is 7.56. The Morgan fingerprint density at radius 2 is 0.667 bits per heavy atom. The van der Waals surface area contributed by atoms with Gasteiger partial charge >= 0.3 is 0 Å². The van der Waals surface area contributed by atoms with Gasteiger partial charge in [0.05, 0.1) is 0 Å². The SMILES string of the molecule is CC(C)(C)c1cc2c(C(C)(C)C)cccc2cc1-c1cc2cccc(C(C)(C)C)c2cc1C(C)(C)C. The molecule has 0 heteroatoms. The Balaban J connectivity index is 2.16. The van der Waals surface area contributed by atoms with E-state index < -0.39 is 0 Å². The van der Waals surface area contributed by atoms with Gasteiger partial charge < -0.3 is 0 Å². The van der Waals surface area contributed by atoms with Crippen molar-refractivity contribution >= 4 is 21.5 Å². The highest BCUT2D eigenvalue weighted by Gasteiger charge is 2.28. The molecule has 0 aliphatic heterocycles. The van der Waals surface area contributed by atoms with Gasteiger partial charge in [0.15, 0.2) is 0 Å². The molecule has 0 radical (unpaired) electrons. The number of benzene rings is 4. The van der Waals surface area contributed by atoms with E-state index in [1.54, 1.807) is 0 Å². The van der Waals surface area contributed by atoms with Gasteiger partial charge in [-0.2, -0.15) is 0 Å². The van der Waals surface area contributed by atoms with Gasteiger partial charge in [0, 0.05) is 0 Å². The van der Waals surface area contributed by atoms with Crippen LogP contribution < -0.4 is 0 Å². The molecule has 0 saturated heterocycles. The van der Waals surface area contributed by atoms with Gasteiger partial charge in [-0.1, -0.05) is 119 Å². The van der Waals surface area contributed by atoms with Crippen LogP contribution in [0.5, 0.6) is 0 Å². The van der Waals surface area contributed by atoms with Gasteiger partial charge in [-0.25, -0.2) is 0 Å². The lowest BCUT2D eigenvalue weighted by Crippen LogP contribution is -2.18. The maximum atomic E-state index is 2.49. The van der Waals surface area contributed by atoms with E-state index in [0.29, 0.717) is 0 Å². The average molecular weight is 479 g/mol. The molecule has 0 aliphatic rings. The van der Waals surface area contributed by atoms with Crippen molar-refractivity contribution in [1.82, 2.24) is 0 Å². The van der Waals surface area contributed by atoms with Crippen molar-refractivity contribution in [3.05, 3.63) is 82.9 Å². The third-order valence-electron chi connectivity index (χ3n) is 7.56. The molecule has 36 heavy (non-hydrogen) atoms. The van der Waals surface area contributed by atoms with Crippen molar-refractivity contribution in [2.24, 2.45) is 0 Å². The largest absolute Gasteiger partial charge is 0.0613 e. The summed E-state index contributed by atoms with van der Waals surface area (Å²) in [6, 6.07) is 23.6. The maximum absolute atomic E-state index is 2.49. The fourth-order valence-electron chi connectivity index (χ4n) is 5.65. The molecule has 0 aliphatic carbocycles. The zero-order valence-corrected chi connectivity index (χ0v) is 24.8. The van der Waals surface area contributed by atoms with E-state index in [1.807, 2.05) is 0 Å². The molecule has 0 fully saturated rings. The fourth-order valence-corrected chi connectivity index (χ4v) is 5.65. The van der Waals surface area contributed by atoms with E-state index in [4.69, 9.17) is 0 Å². The molecular weight excluding hydrogens is 432 g/mol. The summed E-state index contributed by atoms with van der Waals surface area (Å²) in [5.74, 6) is 0. The first-order chi connectivity index (χ1) is 16.4. The molecule has 0 bridgehead atoms. The summed E-state index contributed by atoms with van der Waals surface area (Å²) in [5, 5.41) is 5.42. The Morgan fingerprint density at radius 1 is 0.361 bits per heavy atom. The highest BCUT2D eigenvalue weighted by molar-refractivity contribution is 5.97. The van der Waals surface area contributed by atoms with Crippen LogP contribution in [0.15, 0.2) is 60.7 Å². The highest BCUT2D eigenvalue weighted by Crippen LogP contribution is 2.44. The molecule has 0 aromatic heterocycles. The molecular formula is C36H46. The van der Waals surface area contributed by atoms with E-state index in [1.165, 1.54) is 54.9 Å². The molecule has 0 amide bonds. The summed E-state index contributed by atoms with van der Waals surface area (Å²) in [4.78, 5) is 0. The predicted molar refractivity (Wildman–Crippen MR) is 162 cm³/mol. The Bertz CT molecular complexity index is 1320. The fraction of sp³-hybridized carbons (Fsp3) is 0.444. The smallest absolute Gasteiger partial charge is 0.0125 e. The van der Waals surface area contributed by atoms with Crippen LogP contribution in [0.1, 0.15) is 105 Å². The first kappa shape index (κ1) is 26.5. The molecule has 4 aromatic rings. The quantitative estimate of drug-likeness (QED) is 0.255. The van der Waals surface area contributed by atoms with E-state index in [-0.39, 0.29) is 21.7 Å². The van der Waals surface area contributed by atoms with Crippen molar-refractivity contribution in [2.75, 3.05) is 0 Å². The standard InChI is InChI=1S/C36H46/c1-33(2,3)29-17-13-15-23-19-27(31(21-25(23)29)35(7,8)9)28-20-24-16-14-18-30(34(4,5)6)26(24)22-32(28)36(10,11)12/h13-22H,1-12H3. The Morgan fingerprint density at radius 3 is 0.944 bits per heavy atom. The Labute approximate surface area is 220 Å². The lowest BCUT2D eigenvalue weighted by Gasteiger charge is -2.31. The summed E-state index contributed by atoms with van der Waals surface area (Å²) in [5.41, 5.74) is 8.65. The van der Waals surface area contributed by atoms with Crippen LogP contribution in [0.2, 0.25) is 0 Å². The van der Waals surface area contributed by atoms with Crippen molar-refractivity contribution in [3.8, 4) is 11.1 Å². The van der Waals surface area contributed by atoms with Gasteiger partial charge in [-0.05, 0) is 101 Å². The highest BCUT2D eigenvalue weighted by atomic mass is 14.3. The predicted octanol–water partition coefficient (Wildman–Crippen LogP) is 10.8. The molecule has 4 aromatic carbocycles. The number of fused-ring (bicyclic) bond motifs is 2. The van der Waals surface area contributed by atoms with Crippen LogP contribution in [0.25, 0.3) is 32.7 Å². The summed E-state index contributed by atoms with van der Waals surface area (Å²) < 4.78 is 0. The van der Waals surface area contributed by atoms with Gasteiger partial charge in [0.2, 0.25) is 0 Å². The van der Waals surface area contributed by atoms with E-state index in [0.717, 1.165) is 0 Å². The molecule has 4 rings (SSSR count). The lowest BCUT2D eigenvalue weighted by atomic mass is 9.73. The number of hydrogen-bond acceptors (Lipinski definition) is 0. The lowest BCUT2D eigenvalue weighted by molar-refractivity contribution is 0.583. The minimum absolute atomic E-state index is 0.0197. The molecule has 0 atom stereocenters. The summed E-state index contributed by atoms with van der Waals surface area (Å²) in [6.07, 6.45) is 0. The monoisotopic (exact) mass is 478 g/mol. The average Bonchev–Trinajstić information content (AvgIpc) is 2.73. The van der Waals surface area contributed by atoms with Crippen LogP contribution >= 0.6 is 0 Å². The molecule has 190 valence electrons. The molecule has 0 heterocycles. The van der Waals surface area contributed by atoms with Crippen molar-refractivity contribution in [3.63, 3.8) is 0 Å². The van der Waals surface area contributed by atoms with Crippen LogP contribution in [0, 0.1) is 0 Å². The summed E-state index contributed by atoms with van der Waals surface area (Å²) >= 11 is 0. The molecule has 0 N–H and O–H groups in total. The first-order valence-corrected chi connectivity index (χ1v) is 13.5. The molecule has 0 unspecified atom stereocenters. The van der Waals surface area contributed by atoms with Crippen molar-refractivity contribution in [2.45, 2.75) is 105 Å². The van der Waals surface area contributed by atoms with Gasteiger partial charge in [0.25, 0.3) is 0 Å². The zero-order chi connectivity index (χ0) is 26.8. The van der Waals surface area contributed by atoms with Crippen molar-refractivity contribution < 1.29 is 0 Å². The molecule has 0 saturated carbocycles. The number of rotatable bonds is 1. The minimum atomic E-state index is 0.0197. The van der Waals surface area contributed by atoms with Crippen molar-refractivity contribution in [1.29, 1.82) is 0 Å². The maximum Gasteiger partial charge on any atom is -0.0125 e. The summed E-state index contributed by atoms with van der Waals surface area (Å²) in [6.45, 7) is 28.0. The van der Waals surface area contributed by atoms with Gasteiger partial charge in [0.1, 0.15) is 0 Å². The van der Waals surface area contributed by atoms with Gasteiger partial charge in [-0.3, -0.25) is 0 Å².